The molecule has 0 bridgehead atoms. The van der Waals surface area contributed by atoms with Crippen molar-refractivity contribution in [3.05, 3.63) is 72.1 Å². The molecule has 4 heteroatoms. The summed E-state index contributed by atoms with van der Waals surface area (Å²) in [6.07, 6.45) is 10.8. The van der Waals surface area contributed by atoms with Crippen LogP contribution in [0.1, 0.15) is 11.4 Å². The maximum absolute atomic E-state index is 5.81. The standard InChI is InChI=1S/C16H21NOSi.C10H7N/c1-5-15-12-14-8-6-7-9-16(14)17(15)13-18-10-11-19(2,3)4;1-2-9-7-8-5-3-4-6-10(8)11-9/h1,6-9,12H,10-11,13H2,2-4H3;1,3-7,11H. The number of nitrogens with one attached hydrogen (secondary N) is 1. The van der Waals surface area contributed by atoms with Gasteiger partial charge in [-0.15, -0.1) is 12.8 Å². The van der Waals surface area contributed by atoms with Gasteiger partial charge < -0.3 is 14.3 Å². The summed E-state index contributed by atoms with van der Waals surface area (Å²) in [5.41, 5.74) is 3.96. The molecule has 0 atom stereocenters. The molecule has 0 aliphatic carbocycles. The molecular weight excluding hydrogens is 384 g/mol. The van der Waals surface area contributed by atoms with Crippen LogP contribution in [0.4, 0.5) is 0 Å². The molecule has 4 aromatic rings. The Morgan fingerprint density at radius 1 is 0.933 bits per heavy atom. The second-order valence-corrected chi connectivity index (χ2v) is 14.0. The molecule has 30 heavy (non-hydrogen) atoms. The number of ether oxygens (including phenoxy) is 1. The first-order valence-electron chi connectivity index (χ1n) is 10.1. The van der Waals surface area contributed by atoms with Crippen LogP contribution in [0.25, 0.3) is 21.8 Å². The summed E-state index contributed by atoms with van der Waals surface area (Å²) in [7, 11) is -1.03. The lowest BCUT2D eigenvalue weighted by molar-refractivity contribution is 0.0897. The summed E-state index contributed by atoms with van der Waals surface area (Å²) in [5.74, 6) is 5.29. The Kier molecular flexibility index (Phi) is 6.85. The first-order valence-corrected chi connectivity index (χ1v) is 13.8. The van der Waals surface area contributed by atoms with Crippen LogP contribution in [0, 0.1) is 24.7 Å². The van der Waals surface area contributed by atoms with Crippen molar-refractivity contribution in [1.29, 1.82) is 0 Å². The van der Waals surface area contributed by atoms with E-state index in [2.05, 4.69) is 53.2 Å². The third kappa shape index (κ3) is 5.45. The lowest BCUT2D eigenvalue weighted by Crippen LogP contribution is -2.22. The van der Waals surface area contributed by atoms with Crippen LogP contribution in [0.3, 0.4) is 0 Å². The normalized spacial score (nSPS) is 11.0. The lowest BCUT2D eigenvalue weighted by atomic mass is 10.2. The van der Waals surface area contributed by atoms with Gasteiger partial charge in [0.05, 0.1) is 16.9 Å². The Labute approximate surface area is 180 Å². The van der Waals surface area contributed by atoms with Gasteiger partial charge in [-0.2, -0.15) is 0 Å². The third-order valence-electron chi connectivity index (χ3n) is 4.86. The number of benzene rings is 2. The molecular formula is C26H28N2OSi. The van der Waals surface area contributed by atoms with E-state index in [9.17, 15) is 0 Å². The SMILES string of the molecule is C#Cc1cc2ccccc2[nH]1.C#Cc1cc2ccccc2n1COCC[Si](C)(C)C. The molecule has 2 heterocycles. The number of fused-ring (bicyclic) bond motifs is 2. The van der Waals surface area contributed by atoms with E-state index in [1.165, 1.54) is 16.8 Å². The third-order valence-corrected chi connectivity index (χ3v) is 6.56. The monoisotopic (exact) mass is 412 g/mol. The molecule has 0 saturated carbocycles. The molecule has 0 amide bonds. The second kappa shape index (κ2) is 9.54. The number of hydrogen-bond donors (Lipinski definition) is 1. The molecule has 1 N–H and O–H groups in total. The highest BCUT2D eigenvalue weighted by Crippen LogP contribution is 2.19. The Balaban J connectivity index is 0.000000196. The van der Waals surface area contributed by atoms with Gasteiger partial charge in [-0.25, -0.2) is 0 Å². The number of H-pyrrole nitrogens is 1. The lowest BCUT2D eigenvalue weighted by Gasteiger charge is -2.16. The largest absolute Gasteiger partial charge is 0.361 e. The van der Waals surface area contributed by atoms with E-state index >= 15 is 0 Å². The molecule has 0 fully saturated rings. The number of hydrogen-bond acceptors (Lipinski definition) is 1. The fourth-order valence-corrected chi connectivity index (χ4v) is 3.91. The Morgan fingerprint density at radius 3 is 2.30 bits per heavy atom. The van der Waals surface area contributed by atoms with Gasteiger partial charge in [0, 0.05) is 31.0 Å². The van der Waals surface area contributed by atoms with Crippen molar-refractivity contribution < 1.29 is 4.74 Å². The van der Waals surface area contributed by atoms with Crippen LogP contribution in [0.15, 0.2) is 60.7 Å². The number of aromatic amines is 1. The zero-order valence-electron chi connectivity index (χ0n) is 17.9. The fraction of sp³-hybridized carbons (Fsp3) is 0.231. The number of para-hydroxylation sites is 2. The van der Waals surface area contributed by atoms with E-state index in [-0.39, 0.29) is 0 Å². The maximum Gasteiger partial charge on any atom is 0.124 e. The van der Waals surface area contributed by atoms with Crippen LogP contribution in [0.2, 0.25) is 25.7 Å². The van der Waals surface area contributed by atoms with E-state index in [1.54, 1.807) is 0 Å². The Hall–Kier alpha value is -3.18. The minimum absolute atomic E-state index is 0.539. The maximum atomic E-state index is 5.81. The molecule has 0 spiro atoms. The van der Waals surface area contributed by atoms with Crippen molar-refractivity contribution in [2.24, 2.45) is 0 Å². The zero-order chi connectivity index (χ0) is 21.6. The smallest absolute Gasteiger partial charge is 0.124 e. The summed E-state index contributed by atoms with van der Waals surface area (Å²) in [6.45, 7) is 8.42. The van der Waals surface area contributed by atoms with E-state index in [0.717, 1.165) is 29.0 Å². The van der Waals surface area contributed by atoms with Gasteiger partial charge in [-0.1, -0.05) is 67.9 Å². The average molecular weight is 413 g/mol. The molecule has 0 radical (unpaired) electrons. The highest BCUT2D eigenvalue weighted by molar-refractivity contribution is 6.76. The summed E-state index contributed by atoms with van der Waals surface area (Å²) < 4.78 is 7.88. The van der Waals surface area contributed by atoms with Gasteiger partial charge in [0.25, 0.3) is 0 Å². The van der Waals surface area contributed by atoms with Crippen molar-refractivity contribution in [1.82, 2.24) is 9.55 Å². The van der Waals surface area contributed by atoms with Crippen LogP contribution in [-0.2, 0) is 11.5 Å². The van der Waals surface area contributed by atoms with Crippen LogP contribution in [0.5, 0.6) is 0 Å². The van der Waals surface area contributed by atoms with Crippen LogP contribution in [-0.4, -0.2) is 24.2 Å². The highest BCUT2D eigenvalue weighted by atomic mass is 28.3. The zero-order valence-corrected chi connectivity index (χ0v) is 18.9. The second-order valence-electron chi connectivity index (χ2n) is 8.42. The molecule has 0 unspecified atom stereocenters. The van der Waals surface area contributed by atoms with Crippen molar-refractivity contribution in [2.75, 3.05) is 6.61 Å². The topological polar surface area (TPSA) is 29.9 Å². The van der Waals surface area contributed by atoms with Gasteiger partial charge in [-0.3, -0.25) is 0 Å². The number of terminal acetylenes is 2. The molecule has 2 aromatic carbocycles. The van der Waals surface area contributed by atoms with E-state index in [0.29, 0.717) is 6.73 Å². The highest BCUT2D eigenvalue weighted by Gasteiger charge is 2.12. The van der Waals surface area contributed by atoms with Gasteiger partial charge in [0.15, 0.2) is 0 Å². The molecule has 0 aliphatic heterocycles. The Morgan fingerprint density at radius 2 is 1.63 bits per heavy atom. The number of rotatable bonds is 5. The molecule has 152 valence electrons. The summed E-state index contributed by atoms with van der Waals surface area (Å²) in [4.78, 5) is 3.11. The summed E-state index contributed by atoms with van der Waals surface area (Å²) >= 11 is 0. The van der Waals surface area contributed by atoms with E-state index in [1.807, 2.05) is 48.5 Å². The van der Waals surface area contributed by atoms with Gasteiger partial charge >= 0.3 is 0 Å². The quantitative estimate of drug-likeness (QED) is 0.240. The summed E-state index contributed by atoms with van der Waals surface area (Å²) in [5, 5.41) is 2.34. The minimum atomic E-state index is -1.03. The van der Waals surface area contributed by atoms with Gasteiger partial charge in [-0.05, 0) is 30.3 Å². The van der Waals surface area contributed by atoms with Gasteiger partial charge in [0.1, 0.15) is 6.73 Å². The summed E-state index contributed by atoms with van der Waals surface area (Å²) in [6, 6.07) is 21.4. The fourth-order valence-electron chi connectivity index (χ4n) is 3.15. The number of nitrogens with zero attached hydrogens (tertiary/aromatic N) is 1. The van der Waals surface area contributed by atoms with Crippen molar-refractivity contribution in [3.8, 4) is 24.7 Å². The van der Waals surface area contributed by atoms with Crippen LogP contribution >= 0.6 is 0 Å². The van der Waals surface area contributed by atoms with E-state index in [4.69, 9.17) is 17.6 Å². The van der Waals surface area contributed by atoms with E-state index < -0.39 is 8.07 Å². The predicted molar refractivity (Wildman–Crippen MR) is 130 cm³/mol. The predicted octanol–water partition coefficient (Wildman–Crippen LogP) is 6.08. The Bertz CT molecular complexity index is 1180. The first kappa shape index (κ1) is 21.5. The van der Waals surface area contributed by atoms with Crippen molar-refractivity contribution in [3.63, 3.8) is 0 Å². The molecule has 3 nitrogen and oxygen atoms in total. The molecule has 0 aliphatic rings. The van der Waals surface area contributed by atoms with Crippen molar-refractivity contribution in [2.45, 2.75) is 32.4 Å². The minimum Gasteiger partial charge on any atom is -0.361 e. The van der Waals surface area contributed by atoms with Gasteiger partial charge in [0.2, 0.25) is 0 Å². The molecule has 4 rings (SSSR count). The van der Waals surface area contributed by atoms with Crippen molar-refractivity contribution >= 4 is 29.9 Å². The van der Waals surface area contributed by atoms with Crippen LogP contribution < -0.4 is 0 Å². The first-order chi connectivity index (χ1) is 14.4. The average Bonchev–Trinajstić information content (AvgIpc) is 3.31. The number of aromatic nitrogens is 2. The molecule has 0 saturated heterocycles. The molecule has 2 aromatic heterocycles.